The topological polar surface area (TPSA) is 60.9 Å². The lowest BCUT2D eigenvalue weighted by molar-refractivity contribution is 0.0950. The van der Waals surface area contributed by atoms with Crippen LogP contribution in [0.5, 0.6) is 5.75 Å². The number of nitrogens with one attached hydrogen (secondary N) is 1. The van der Waals surface area contributed by atoms with Gasteiger partial charge in [-0.05, 0) is 67.4 Å². The van der Waals surface area contributed by atoms with Crippen molar-refractivity contribution in [2.24, 2.45) is 0 Å². The van der Waals surface area contributed by atoms with Crippen molar-refractivity contribution >= 4 is 23.3 Å². The number of likely N-dealkylation sites (tertiary alicyclic amines) is 1. The van der Waals surface area contributed by atoms with E-state index in [1.165, 1.54) is 30.5 Å². The number of nitrogens with zero attached hydrogens (tertiary/aromatic N) is 4. The average Bonchev–Trinajstić information content (AvgIpc) is 2.97. The highest BCUT2D eigenvalue weighted by atomic mass is 35.5. The molecule has 0 radical (unpaired) electrons. The Morgan fingerprint density at radius 3 is 2.31 bits per heavy atom. The summed E-state index contributed by atoms with van der Waals surface area (Å²) in [5.41, 5.74) is 2.55. The second-order valence-electron chi connectivity index (χ2n) is 10.2. The van der Waals surface area contributed by atoms with Crippen molar-refractivity contribution in [2.75, 3.05) is 51.3 Å². The molecule has 0 spiro atoms. The molecule has 1 aromatic heterocycles. The number of ether oxygens (including phenoxy) is 1. The number of carbonyl (C=O) groups is 1. The second-order valence-corrected chi connectivity index (χ2v) is 10.6. The number of hydrogen-bond donors (Lipinski definition) is 1. The van der Waals surface area contributed by atoms with Gasteiger partial charge in [-0.1, -0.05) is 35.9 Å². The summed E-state index contributed by atoms with van der Waals surface area (Å²) in [6, 6.07) is 16.7. The summed E-state index contributed by atoms with van der Waals surface area (Å²) in [4.78, 5) is 24.5. The minimum absolute atomic E-state index is 0.261. The second kappa shape index (κ2) is 12.8. The van der Waals surface area contributed by atoms with Crippen molar-refractivity contribution in [1.29, 1.82) is 0 Å². The zero-order valence-corrected chi connectivity index (χ0v) is 23.0. The molecular formula is C30H35ClFN5O2. The van der Waals surface area contributed by atoms with E-state index in [-0.39, 0.29) is 11.7 Å². The van der Waals surface area contributed by atoms with Crippen LogP contribution in [0.2, 0.25) is 5.02 Å². The highest BCUT2D eigenvalue weighted by Gasteiger charge is 2.28. The standard InChI is InChI=1S/C30H35ClFN5O2/c1-39-27-8-4-23(5-9-27)21-35-12-10-26(11-13-35)36-14-16-37(17-15-36)29-28(31)18-24(20-33-29)30(38)34-19-22-2-6-25(32)7-3-22/h2-9,18,20,26H,10-17,19,21H2,1H3,(H,34,38). The number of carbonyl (C=O) groups excluding carboxylic acids is 1. The van der Waals surface area contributed by atoms with E-state index in [1.54, 1.807) is 31.5 Å². The van der Waals surface area contributed by atoms with E-state index in [9.17, 15) is 9.18 Å². The summed E-state index contributed by atoms with van der Waals surface area (Å²) >= 11 is 6.57. The summed E-state index contributed by atoms with van der Waals surface area (Å²) in [7, 11) is 1.70. The van der Waals surface area contributed by atoms with Crippen molar-refractivity contribution in [3.05, 3.63) is 88.3 Å². The van der Waals surface area contributed by atoms with Crippen LogP contribution in [0.4, 0.5) is 10.2 Å². The van der Waals surface area contributed by atoms with Crippen molar-refractivity contribution < 1.29 is 13.9 Å². The van der Waals surface area contributed by atoms with Crippen LogP contribution in [0.1, 0.15) is 34.3 Å². The quantitative estimate of drug-likeness (QED) is 0.441. The molecule has 5 rings (SSSR count). The molecule has 206 valence electrons. The Kier molecular flexibility index (Phi) is 8.96. The molecule has 0 unspecified atom stereocenters. The number of piperidine rings is 1. The molecule has 1 N–H and O–H groups in total. The van der Waals surface area contributed by atoms with E-state index in [0.717, 1.165) is 62.9 Å². The smallest absolute Gasteiger partial charge is 0.253 e. The third kappa shape index (κ3) is 7.06. The van der Waals surface area contributed by atoms with Gasteiger partial charge in [0, 0.05) is 51.5 Å². The van der Waals surface area contributed by atoms with Gasteiger partial charge in [0.25, 0.3) is 5.91 Å². The fourth-order valence-corrected chi connectivity index (χ4v) is 5.69. The van der Waals surface area contributed by atoms with E-state index in [2.05, 4.69) is 37.1 Å². The third-order valence-electron chi connectivity index (χ3n) is 7.70. The Morgan fingerprint density at radius 2 is 1.67 bits per heavy atom. The highest BCUT2D eigenvalue weighted by molar-refractivity contribution is 6.33. The molecule has 2 aromatic carbocycles. The van der Waals surface area contributed by atoms with Gasteiger partial charge in [-0.25, -0.2) is 9.37 Å². The van der Waals surface area contributed by atoms with Gasteiger partial charge in [-0.15, -0.1) is 0 Å². The molecule has 2 fully saturated rings. The number of piperazine rings is 1. The van der Waals surface area contributed by atoms with Crippen LogP contribution < -0.4 is 15.0 Å². The summed E-state index contributed by atoms with van der Waals surface area (Å²) in [5, 5.41) is 3.31. The molecule has 0 saturated carbocycles. The lowest BCUT2D eigenvalue weighted by atomic mass is 10.0. The predicted octanol–water partition coefficient (Wildman–Crippen LogP) is 4.60. The maximum Gasteiger partial charge on any atom is 0.253 e. The lowest BCUT2D eigenvalue weighted by Gasteiger charge is -2.43. The highest BCUT2D eigenvalue weighted by Crippen LogP contribution is 2.27. The lowest BCUT2D eigenvalue weighted by Crippen LogP contribution is -2.53. The maximum atomic E-state index is 13.1. The molecule has 0 bridgehead atoms. The van der Waals surface area contributed by atoms with Gasteiger partial charge in [-0.3, -0.25) is 14.6 Å². The number of halogens is 2. The van der Waals surface area contributed by atoms with Gasteiger partial charge >= 0.3 is 0 Å². The van der Waals surface area contributed by atoms with Crippen LogP contribution in [0.25, 0.3) is 0 Å². The largest absolute Gasteiger partial charge is 0.497 e. The van der Waals surface area contributed by atoms with Gasteiger partial charge in [-0.2, -0.15) is 0 Å². The van der Waals surface area contributed by atoms with Crippen LogP contribution in [-0.2, 0) is 13.1 Å². The first kappa shape index (κ1) is 27.4. The summed E-state index contributed by atoms with van der Waals surface area (Å²) < 4.78 is 18.3. The Balaban J connectivity index is 1.07. The Hall–Kier alpha value is -3.20. The number of pyridine rings is 1. The molecule has 0 atom stereocenters. The van der Waals surface area contributed by atoms with Gasteiger partial charge in [0.2, 0.25) is 0 Å². The van der Waals surface area contributed by atoms with Crippen molar-refractivity contribution in [2.45, 2.75) is 32.0 Å². The normalized spacial score (nSPS) is 17.3. The van der Waals surface area contributed by atoms with Crippen LogP contribution in [0, 0.1) is 5.82 Å². The molecule has 3 heterocycles. The van der Waals surface area contributed by atoms with Crippen LogP contribution in [0.3, 0.4) is 0 Å². The summed E-state index contributed by atoms with van der Waals surface area (Å²) in [6.45, 7) is 7.16. The average molecular weight is 552 g/mol. The SMILES string of the molecule is COc1ccc(CN2CCC(N3CCN(c4ncc(C(=O)NCc5ccc(F)cc5)cc4Cl)CC3)CC2)cc1. The number of aromatic nitrogens is 1. The van der Waals surface area contributed by atoms with E-state index in [4.69, 9.17) is 16.3 Å². The number of benzene rings is 2. The first-order valence-corrected chi connectivity index (χ1v) is 13.9. The predicted molar refractivity (Wildman–Crippen MR) is 152 cm³/mol. The molecule has 2 aliphatic heterocycles. The van der Waals surface area contributed by atoms with Gasteiger partial charge in [0.05, 0.1) is 17.7 Å². The van der Waals surface area contributed by atoms with E-state index < -0.39 is 0 Å². The molecule has 3 aromatic rings. The molecule has 0 aliphatic carbocycles. The van der Waals surface area contributed by atoms with Crippen molar-refractivity contribution in [3.8, 4) is 5.75 Å². The first-order valence-electron chi connectivity index (χ1n) is 13.5. The number of amides is 1. The molecule has 2 saturated heterocycles. The molecule has 9 heteroatoms. The summed E-state index contributed by atoms with van der Waals surface area (Å²) in [6.07, 6.45) is 3.93. The van der Waals surface area contributed by atoms with Crippen LogP contribution in [0.15, 0.2) is 60.8 Å². The molecule has 7 nitrogen and oxygen atoms in total. The number of anilines is 1. The number of hydrogen-bond acceptors (Lipinski definition) is 6. The van der Waals surface area contributed by atoms with E-state index in [1.807, 2.05) is 12.1 Å². The van der Waals surface area contributed by atoms with Crippen LogP contribution in [-0.4, -0.2) is 73.1 Å². The molecule has 2 aliphatic rings. The number of rotatable bonds is 8. The molecular weight excluding hydrogens is 517 g/mol. The monoisotopic (exact) mass is 551 g/mol. The maximum absolute atomic E-state index is 13.1. The van der Waals surface area contributed by atoms with E-state index >= 15 is 0 Å². The van der Waals surface area contributed by atoms with Crippen molar-refractivity contribution in [3.63, 3.8) is 0 Å². The van der Waals surface area contributed by atoms with Crippen LogP contribution >= 0.6 is 11.6 Å². The fourth-order valence-electron chi connectivity index (χ4n) is 5.40. The minimum Gasteiger partial charge on any atom is -0.497 e. The van der Waals surface area contributed by atoms with Crippen molar-refractivity contribution in [1.82, 2.24) is 20.1 Å². The zero-order chi connectivity index (χ0) is 27.2. The Morgan fingerprint density at radius 1 is 1.00 bits per heavy atom. The van der Waals surface area contributed by atoms with Gasteiger partial charge in [0.1, 0.15) is 17.4 Å². The summed E-state index contributed by atoms with van der Waals surface area (Å²) in [5.74, 6) is 1.06. The fraction of sp³-hybridized carbons (Fsp3) is 0.400. The molecule has 39 heavy (non-hydrogen) atoms. The number of methoxy groups -OCH3 is 1. The molecule has 1 amide bonds. The third-order valence-corrected chi connectivity index (χ3v) is 7.98. The van der Waals surface area contributed by atoms with Gasteiger partial charge < -0.3 is 15.0 Å². The van der Waals surface area contributed by atoms with E-state index in [0.29, 0.717) is 23.2 Å². The zero-order valence-electron chi connectivity index (χ0n) is 22.3. The van der Waals surface area contributed by atoms with Gasteiger partial charge in [0.15, 0.2) is 0 Å². The Labute approximate surface area is 234 Å². The first-order chi connectivity index (χ1) is 19.0. The Bertz CT molecular complexity index is 1240. The minimum atomic E-state index is -0.302.